The number of amides is 2. The van der Waals surface area contributed by atoms with E-state index in [0.29, 0.717) is 48.5 Å². The van der Waals surface area contributed by atoms with Crippen LogP contribution in [0.25, 0.3) is 0 Å². The SMILES string of the molecule is C=CC(=O)N1CCCC(C(=O)Nc2cc3c(cc2Cl)OCCCO3)C1. The van der Waals surface area contributed by atoms with Crippen LogP contribution < -0.4 is 14.8 Å². The largest absolute Gasteiger partial charge is 0.490 e. The zero-order chi connectivity index (χ0) is 17.8. The minimum absolute atomic E-state index is 0.147. The summed E-state index contributed by atoms with van der Waals surface area (Å²) in [6, 6.07) is 3.35. The second kappa shape index (κ2) is 7.78. The lowest BCUT2D eigenvalue weighted by Crippen LogP contribution is -2.43. The fourth-order valence-corrected chi connectivity index (χ4v) is 3.24. The summed E-state index contributed by atoms with van der Waals surface area (Å²) in [6.07, 6.45) is 3.59. The summed E-state index contributed by atoms with van der Waals surface area (Å²) in [7, 11) is 0. The lowest BCUT2D eigenvalue weighted by molar-refractivity contribution is -0.130. The predicted molar refractivity (Wildman–Crippen MR) is 95.2 cm³/mol. The lowest BCUT2D eigenvalue weighted by atomic mass is 9.97. The molecule has 0 bridgehead atoms. The van der Waals surface area contributed by atoms with Crippen molar-refractivity contribution in [1.29, 1.82) is 0 Å². The van der Waals surface area contributed by atoms with Crippen molar-refractivity contribution in [3.05, 3.63) is 29.8 Å². The van der Waals surface area contributed by atoms with Gasteiger partial charge in [0.15, 0.2) is 11.5 Å². The first-order valence-corrected chi connectivity index (χ1v) is 8.77. The summed E-state index contributed by atoms with van der Waals surface area (Å²) in [5, 5.41) is 3.25. The van der Waals surface area contributed by atoms with Crippen molar-refractivity contribution in [2.45, 2.75) is 19.3 Å². The summed E-state index contributed by atoms with van der Waals surface area (Å²) < 4.78 is 11.2. The van der Waals surface area contributed by atoms with Crippen molar-refractivity contribution < 1.29 is 19.1 Å². The molecule has 3 rings (SSSR count). The molecule has 1 atom stereocenters. The number of ether oxygens (including phenoxy) is 2. The first kappa shape index (κ1) is 17.6. The molecule has 1 saturated heterocycles. The van der Waals surface area contributed by atoms with E-state index in [4.69, 9.17) is 21.1 Å². The van der Waals surface area contributed by atoms with Crippen LogP contribution in [-0.4, -0.2) is 43.0 Å². The Kier molecular flexibility index (Phi) is 5.48. The molecule has 25 heavy (non-hydrogen) atoms. The molecule has 0 aromatic heterocycles. The van der Waals surface area contributed by atoms with Crippen LogP contribution in [0.4, 0.5) is 5.69 Å². The third-order valence-electron chi connectivity index (χ3n) is 4.37. The Morgan fingerprint density at radius 3 is 2.68 bits per heavy atom. The molecule has 1 fully saturated rings. The summed E-state index contributed by atoms with van der Waals surface area (Å²) in [5.41, 5.74) is 0.489. The second-order valence-corrected chi connectivity index (χ2v) is 6.55. The Hall–Kier alpha value is -2.21. The highest BCUT2D eigenvalue weighted by molar-refractivity contribution is 6.34. The average molecular weight is 365 g/mol. The monoisotopic (exact) mass is 364 g/mol. The van der Waals surface area contributed by atoms with Gasteiger partial charge in [0.2, 0.25) is 11.8 Å². The van der Waals surface area contributed by atoms with Crippen LogP contribution in [0.3, 0.4) is 0 Å². The van der Waals surface area contributed by atoms with Gasteiger partial charge in [-0.15, -0.1) is 0 Å². The van der Waals surface area contributed by atoms with Crippen LogP contribution in [0.2, 0.25) is 5.02 Å². The molecule has 0 aliphatic carbocycles. The van der Waals surface area contributed by atoms with Gasteiger partial charge in [0, 0.05) is 31.6 Å². The third-order valence-corrected chi connectivity index (χ3v) is 4.69. The number of piperidine rings is 1. The molecule has 2 heterocycles. The van der Waals surface area contributed by atoms with E-state index in [1.54, 1.807) is 17.0 Å². The summed E-state index contributed by atoms with van der Waals surface area (Å²) >= 11 is 6.27. The highest BCUT2D eigenvalue weighted by atomic mass is 35.5. The van der Waals surface area contributed by atoms with Gasteiger partial charge in [-0.2, -0.15) is 0 Å². The Balaban J connectivity index is 1.71. The number of likely N-dealkylation sites (tertiary alicyclic amines) is 1. The van der Waals surface area contributed by atoms with Gasteiger partial charge in [-0.1, -0.05) is 18.2 Å². The van der Waals surface area contributed by atoms with Crippen LogP contribution in [-0.2, 0) is 9.59 Å². The highest BCUT2D eigenvalue weighted by Gasteiger charge is 2.28. The van der Waals surface area contributed by atoms with E-state index in [1.807, 2.05) is 0 Å². The molecule has 2 amide bonds. The Morgan fingerprint density at radius 2 is 1.96 bits per heavy atom. The zero-order valence-electron chi connectivity index (χ0n) is 13.9. The van der Waals surface area contributed by atoms with Gasteiger partial charge in [0.05, 0.1) is 29.8 Å². The van der Waals surface area contributed by atoms with E-state index >= 15 is 0 Å². The topological polar surface area (TPSA) is 67.9 Å². The number of hydrogen-bond donors (Lipinski definition) is 1. The quantitative estimate of drug-likeness (QED) is 0.837. The first-order chi connectivity index (χ1) is 12.1. The minimum atomic E-state index is -0.273. The van der Waals surface area contributed by atoms with Crippen molar-refractivity contribution in [3.8, 4) is 11.5 Å². The lowest BCUT2D eigenvalue weighted by Gasteiger charge is -2.31. The van der Waals surface area contributed by atoms with Crippen molar-refractivity contribution in [1.82, 2.24) is 4.90 Å². The fraction of sp³-hybridized carbons (Fsp3) is 0.444. The normalized spacial score (nSPS) is 19.7. The predicted octanol–water partition coefficient (Wildman–Crippen LogP) is 2.86. The molecule has 0 spiro atoms. The van der Waals surface area contributed by atoms with Crippen molar-refractivity contribution in [2.24, 2.45) is 5.92 Å². The molecule has 1 aromatic rings. The number of hydrogen-bond acceptors (Lipinski definition) is 4. The van der Waals surface area contributed by atoms with E-state index in [9.17, 15) is 9.59 Å². The standard InChI is InChI=1S/C18H21ClN2O4/c1-2-17(22)21-6-3-5-12(11-21)18(23)20-14-10-16-15(9-13(14)19)24-7-4-8-25-16/h2,9-10,12H,1,3-8,11H2,(H,20,23). The Labute approximate surface area is 151 Å². The van der Waals surface area contributed by atoms with E-state index in [-0.39, 0.29) is 17.7 Å². The molecule has 7 heteroatoms. The smallest absolute Gasteiger partial charge is 0.245 e. The number of carbonyl (C=O) groups excluding carboxylic acids is 2. The van der Waals surface area contributed by atoms with Crippen LogP contribution in [0.1, 0.15) is 19.3 Å². The van der Waals surface area contributed by atoms with Gasteiger partial charge in [0.25, 0.3) is 0 Å². The maximum Gasteiger partial charge on any atom is 0.245 e. The van der Waals surface area contributed by atoms with Crippen molar-refractivity contribution in [2.75, 3.05) is 31.6 Å². The van der Waals surface area contributed by atoms with Crippen molar-refractivity contribution in [3.63, 3.8) is 0 Å². The number of fused-ring (bicyclic) bond motifs is 1. The number of anilines is 1. The second-order valence-electron chi connectivity index (χ2n) is 6.15. The van der Waals surface area contributed by atoms with Gasteiger partial charge < -0.3 is 19.7 Å². The summed E-state index contributed by atoms with van der Waals surface area (Å²) in [6.45, 7) is 5.67. The molecule has 0 radical (unpaired) electrons. The van der Waals surface area contributed by atoms with Crippen LogP contribution >= 0.6 is 11.6 Å². The van der Waals surface area contributed by atoms with E-state index in [1.165, 1.54) is 6.08 Å². The molecule has 1 unspecified atom stereocenters. The minimum Gasteiger partial charge on any atom is -0.490 e. The van der Waals surface area contributed by atoms with Gasteiger partial charge >= 0.3 is 0 Å². The number of halogens is 1. The highest BCUT2D eigenvalue weighted by Crippen LogP contribution is 2.38. The first-order valence-electron chi connectivity index (χ1n) is 8.40. The molecule has 2 aliphatic rings. The molecule has 6 nitrogen and oxygen atoms in total. The van der Waals surface area contributed by atoms with Crippen LogP contribution in [0, 0.1) is 5.92 Å². The zero-order valence-corrected chi connectivity index (χ0v) is 14.7. The molecule has 0 saturated carbocycles. The number of carbonyl (C=O) groups is 2. The Bertz CT molecular complexity index is 692. The molecular weight excluding hydrogens is 344 g/mol. The number of nitrogens with one attached hydrogen (secondary N) is 1. The van der Waals surface area contributed by atoms with E-state index in [0.717, 1.165) is 19.3 Å². The molecule has 2 aliphatic heterocycles. The summed E-state index contributed by atoms with van der Waals surface area (Å²) in [5.74, 6) is 0.582. The average Bonchev–Trinajstić information content (AvgIpc) is 2.86. The number of rotatable bonds is 3. The fourth-order valence-electron chi connectivity index (χ4n) is 3.03. The Morgan fingerprint density at radius 1 is 1.24 bits per heavy atom. The molecule has 1 N–H and O–H groups in total. The van der Waals surface area contributed by atoms with Gasteiger partial charge in [0.1, 0.15) is 0 Å². The number of nitrogens with zero attached hydrogens (tertiary/aromatic N) is 1. The maximum atomic E-state index is 12.6. The summed E-state index contributed by atoms with van der Waals surface area (Å²) in [4.78, 5) is 26.0. The number of benzene rings is 1. The molecular formula is C18H21ClN2O4. The van der Waals surface area contributed by atoms with Crippen molar-refractivity contribution >= 4 is 29.1 Å². The van der Waals surface area contributed by atoms with E-state index < -0.39 is 0 Å². The maximum absolute atomic E-state index is 12.6. The van der Waals surface area contributed by atoms with Crippen LogP contribution in [0.5, 0.6) is 11.5 Å². The van der Waals surface area contributed by atoms with Gasteiger partial charge in [-0.05, 0) is 18.9 Å². The van der Waals surface area contributed by atoms with Gasteiger partial charge in [-0.25, -0.2) is 0 Å². The third kappa shape index (κ3) is 4.07. The molecule has 134 valence electrons. The van der Waals surface area contributed by atoms with E-state index in [2.05, 4.69) is 11.9 Å². The van der Waals surface area contributed by atoms with Gasteiger partial charge in [-0.3, -0.25) is 9.59 Å². The van der Waals surface area contributed by atoms with Crippen LogP contribution in [0.15, 0.2) is 24.8 Å². The molecule has 1 aromatic carbocycles.